The van der Waals surface area contributed by atoms with Crippen LogP contribution in [0.1, 0.15) is 0 Å². The van der Waals surface area contributed by atoms with Crippen LogP contribution in [0.5, 0.6) is 0 Å². The lowest BCUT2D eigenvalue weighted by Crippen LogP contribution is -2.09. The van der Waals surface area contributed by atoms with E-state index in [2.05, 4.69) is 150 Å². The van der Waals surface area contributed by atoms with Crippen LogP contribution >= 0.6 is 0 Å². The Balaban J connectivity index is 1.02. The highest BCUT2D eigenvalue weighted by Crippen LogP contribution is 2.43. The number of fused-ring (bicyclic) bond motifs is 6. The molecule has 8 aromatic carbocycles. The summed E-state index contributed by atoms with van der Waals surface area (Å²) >= 11 is 0. The van der Waals surface area contributed by atoms with Crippen molar-refractivity contribution in [1.82, 2.24) is 4.98 Å². The lowest BCUT2D eigenvalue weighted by Gasteiger charge is -2.25. The van der Waals surface area contributed by atoms with Crippen molar-refractivity contribution in [3.63, 3.8) is 0 Å². The van der Waals surface area contributed by atoms with E-state index in [9.17, 15) is 0 Å². The number of rotatable bonds is 6. The van der Waals surface area contributed by atoms with E-state index < -0.39 is 0 Å². The maximum Gasteiger partial charge on any atom is 0.228 e. The standard InChI is InChI=1S/C47H30N2O2/c1-3-12-34(13-4-1)49(35-14-5-2-6-15-35)36-28-26-32(27-29-36)31-22-24-33(25-23-31)37-18-11-19-40-45-39-17-8-7-16-38(39)41(30-44(45)50-46(37)40)47-48-42-20-9-10-21-43(42)51-47/h1-30H. The molecule has 0 saturated heterocycles. The van der Waals surface area contributed by atoms with Crippen LogP contribution in [0.4, 0.5) is 17.1 Å². The minimum absolute atomic E-state index is 0.589. The fraction of sp³-hybridized carbons (Fsp3) is 0. The van der Waals surface area contributed by atoms with Gasteiger partial charge >= 0.3 is 0 Å². The van der Waals surface area contributed by atoms with Gasteiger partial charge in [-0.05, 0) is 82.1 Å². The number of aromatic nitrogens is 1. The van der Waals surface area contributed by atoms with Gasteiger partial charge in [0.25, 0.3) is 0 Å². The molecule has 4 heteroatoms. The van der Waals surface area contributed by atoms with E-state index in [0.717, 1.165) is 88.7 Å². The van der Waals surface area contributed by atoms with E-state index in [0.29, 0.717) is 5.89 Å². The molecule has 0 saturated carbocycles. The first kappa shape index (κ1) is 29.0. The van der Waals surface area contributed by atoms with E-state index in [1.165, 1.54) is 0 Å². The molecule has 0 aliphatic carbocycles. The van der Waals surface area contributed by atoms with Crippen molar-refractivity contribution in [3.05, 3.63) is 182 Å². The second kappa shape index (κ2) is 11.9. The number of para-hydroxylation sites is 5. The molecule has 0 fully saturated rings. The van der Waals surface area contributed by atoms with Crippen LogP contribution in [0.25, 0.3) is 77.5 Å². The van der Waals surface area contributed by atoms with Crippen LogP contribution in [-0.4, -0.2) is 4.98 Å². The van der Waals surface area contributed by atoms with E-state index in [-0.39, 0.29) is 0 Å². The lowest BCUT2D eigenvalue weighted by molar-refractivity contribution is 0.620. The summed E-state index contributed by atoms with van der Waals surface area (Å²) in [5.74, 6) is 0.589. The first-order chi connectivity index (χ1) is 25.3. The summed E-state index contributed by atoms with van der Waals surface area (Å²) in [4.78, 5) is 7.10. The minimum atomic E-state index is 0.589. The van der Waals surface area contributed by atoms with Gasteiger partial charge in [0, 0.05) is 39.0 Å². The van der Waals surface area contributed by atoms with E-state index >= 15 is 0 Å². The normalized spacial score (nSPS) is 11.5. The molecule has 0 aliphatic heterocycles. The minimum Gasteiger partial charge on any atom is -0.455 e. The molecule has 0 bridgehead atoms. The summed E-state index contributed by atoms with van der Waals surface area (Å²) in [7, 11) is 0. The highest BCUT2D eigenvalue weighted by Gasteiger charge is 2.20. The predicted octanol–water partition coefficient (Wildman–Crippen LogP) is 13.4. The van der Waals surface area contributed by atoms with Gasteiger partial charge in [0.1, 0.15) is 16.7 Å². The maximum absolute atomic E-state index is 6.73. The summed E-state index contributed by atoms with van der Waals surface area (Å²) < 4.78 is 13.0. The van der Waals surface area contributed by atoms with E-state index in [1.54, 1.807) is 0 Å². The van der Waals surface area contributed by atoms with Crippen LogP contribution in [0, 0.1) is 0 Å². The first-order valence-corrected chi connectivity index (χ1v) is 17.1. The highest BCUT2D eigenvalue weighted by atomic mass is 16.3. The van der Waals surface area contributed by atoms with E-state index in [4.69, 9.17) is 13.8 Å². The molecule has 2 aromatic heterocycles. The zero-order chi connectivity index (χ0) is 33.7. The zero-order valence-corrected chi connectivity index (χ0v) is 27.5. The number of hydrogen-bond donors (Lipinski definition) is 0. The fourth-order valence-electron chi connectivity index (χ4n) is 7.30. The molecular formula is C47H30N2O2. The molecule has 4 nitrogen and oxygen atoms in total. The van der Waals surface area contributed by atoms with Crippen LogP contribution in [-0.2, 0) is 0 Å². The van der Waals surface area contributed by atoms with Gasteiger partial charge in [0.15, 0.2) is 5.58 Å². The summed E-state index contributed by atoms with van der Waals surface area (Å²) in [5, 5.41) is 4.37. The van der Waals surface area contributed by atoms with Crippen molar-refractivity contribution in [1.29, 1.82) is 0 Å². The van der Waals surface area contributed by atoms with Crippen LogP contribution in [0.3, 0.4) is 0 Å². The fourth-order valence-corrected chi connectivity index (χ4v) is 7.30. The number of furan rings is 1. The third-order valence-electron chi connectivity index (χ3n) is 9.71. The molecule has 10 rings (SSSR count). The van der Waals surface area contributed by atoms with Gasteiger partial charge in [-0.2, -0.15) is 0 Å². The number of anilines is 3. The molecule has 51 heavy (non-hydrogen) atoms. The lowest BCUT2D eigenvalue weighted by atomic mass is 9.96. The monoisotopic (exact) mass is 654 g/mol. The van der Waals surface area contributed by atoms with Gasteiger partial charge < -0.3 is 13.7 Å². The third-order valence-corrected chi connectivity index (χ3v) is 9.71. The molecule has 2 heterocycles. The number of nitrogens with zero attached hydrogens (tertiary/aromatic N) is 2. The van der Waals surface area contributed by atoms with Gasteiger partial charge in [-0.25, -0.2) is 4.98 Å². The summed E-state index contributed by atoms with van der Waals surface area (Å²) in [5.41, 5.74) is 12.0. The van der Waals surface area contributed by atoms with Crippen LogP contribution in [0.15, 0.2) is 191 Å². The van der Waals surface area contributed by atoms with Crippen LogP contribution in [0.2, 0.25) is 0 Å². The second-order valence-corrected chi connectivity index (χ2v) is 12.7. The molecular weight excluding hydrogens is 625 g/mol. The Morgan fingerprint density at radius 1 is 0.392 bits per heavy atom. The maximum atomic E-state index is 6.73. The zero-order valence-electron chi connectivity index (χ0n) is 27.5. The molecule has 240 valence electrons. The quantitative estimate of drug-likeness (QED) is 0.179. The smallest absolute Gasteiger partial charge is 0.228 e. The van der Waals surface area contributed by atoms with Crippen LogP contribution < -0.4 is 4.90 Å². The van der Waals surface area contributed by atoms with Gasteiger partial charge in [0.05, 0.1) is 0 Å². The van der Waals surface area contributed by atoms with Gasteiger partial charge in [0.2, 0.25) is 5.89 Å². The molecule has 0 amide bonds. The van der Waals surface area contributed by atoms with Gasteiger partial charge in [-0.15, -0.1) is 0 Å². The van der Waals surface area contributed by atoms with Crippen molar-refractivity contribution < 1.29 is 8.83 Å². The molecule has 0 radical (unpaired) electrons. The Kier molecular flexibility index (Phi) is 6.78. The largest absolute Gasteiger partial charge is 0.455 e. The summed E-state index contributed by atoms with van der Waals surface area (Å²) in [6, 6.07) is 63.3. The first-order valence-electron chi connectivity index (χ1n) is 17.1. The number of benzene rings is 8. The van der Waals surface area contributed by atoms with Gasteiger partial charge in [-0.1, -0.05) is 127 Å². The third kappa shape index (κ3) is 4.96. The number of hydrogen-bond acceptors (Lipinski definition) is 4. The molecule has 0 aliphatic rings. The Morgan fingerprint density at radius 3 is 1.67 bits per heavy atom. The van der Waals surface area contributed by atoms with Crippen molar-refractivity contribution in [2.24, 2.45) is 0 Å². The summed E-state index contributed by atoms with van der Waals surface area (Å²) in [6.07, 6.45) is 0. The average molecular weight is 655 g/mol. The van der Waals surface area contributed by atoms with Crippen molar-refractivity contribution in [2.75, 3.05) is 4.90 Å². The van der Waals surface area contributed by atoms with Crippen molar-refractivity contribution in [2.45, 2.75) is 0 Å². The predicted molar refractivity (Wildman–Crippen MR) is 210 cm³/mol. The SMILES string of the molecule is c1ccc(N(c2ccccc2)c2ccc(-c3ccc(-c4cccc5c4oc4cc(-c6nc7ccccc7o6)c6ccccc6c45)cc3)cc2)cc1. The topological polar surface area (TPSA) is 42.4 Å². The Labute approximate surface area is 294 Å². The molecule has 10 aromatic rings. The second-order valence-electron chi connectivity index (χ2n) is 12.7. The molecule has 0 unspecified atom stereocenters. The Bertz CT molecular complexity index is 2760. The molecule has 0 spiro atoms. The van der Waals surface area contributed by atoms with Gasteiger partial charge in [-0.3, -0.25) is 0 Å². The molecule has 0 N–H and O–H groups in total. The van der Waals surface area contributed by atoms with E-state index in [1.807, 2.05) is 36.4 Å². The highest BCUT2D eigenvalue weighted by molar-refractivity contribution is 6.23. The Hall–Kier alpha value is -6.91. The van der Waals surface area contributed by atoms with Crippen molar-refractivity contribution in [3.8, 4) is 33.7 Å². The van der Waals surface area contributed by atoms with Crippen molar-refractivity contribution >= 4 is 60.9 Å². The average Bonchev–Trinajstić information content (AvgIpc) is 3.81. The molecule has 0 atom stereocenters. The Morgan fingerprint density at radius 2 is 0.961 bits per heavy atom. The summed E-state index contributed by atoms with van der Waals surface area (Å²) in [6.45, 7) is 0. The number of oxazole rings is 1.